The zero-order valence-electron chi connectivity index (χ0n) is 10.8. The van der Waals surface area contributed by atoms with Gasteiger partial charge in [-0.15, -0.1) is 0 Å². The van der Waals surface area contributed by atoms with E-state index in [1.165, 1.54) is 0 Å². The van der Waals surface area contributed by atoms with Gasteiger partial charge in [0.1, 0.15) is 11.3 Å². The van der Waals surface area contributed by atoms with Crippen LogP contribution in [0.25, 0.3) is 10.8 Å². The minimum Gasteiger partial charge on any atom is -0.478 e. The quantitative estimate of drug-likeness (QED) is 0.761. The van der Waals surface area contributed by atoms with Crippen molar-refractivity contribution in [2.45, 2.75) is 0 Å². The number of aromatic nitrogens is 1. The lowest BCUT2D eigenvalue weighted by Gasteiger charge is -2.10. The van der Waals surface area contributed by atoms with E-state index in [-0.39, 0.29) is 11.3 Å². The van der Waals surface area contributed by atoms with Gasteiger partial charge in [0.25, 0.3) is 0 Å². The third-order valence-corrected chi connectivity index (χ3v) is 3.61. The molecule has 0 saturated heterocycles. The van der Waals surface area contributed by atoms with Crippen LogP contribution in [0.5, 0.6) is 11.6 Å². The summed E-state index contributed by atoms with van der Waals surface area (Å²) in [6, 6.07) is 14.4. The second-order valence-electron chi connectivity index (χ2n) is 4.39. The molecule has 0 aliphatic carbocycles. The van der Waals surface area contributed by atoms with Crippen LogP contribution in [0.2, 0.25) is 0 Å². The number of hydrogen-bond acceptors (Lipinski definition) is 3. The number of carboxylic acid groups (broad SMARTS) is 1. The summed E-state index contributed by atoms with van der Waals surface area (Å²) in [5, 5.41) is 11.1. The first-order valence-corrected chi connectivity index (χ1v) is 6.99. The van der Waals surface area contributed by atoms with E-state index in [0.717, 1.165) is 10.8 Å². The molecule has 0 amide bonds. The van der Waals surface area contributed by atoms with Gasteiger partial charge in [-0.05, 0) is 51.0 Å². The standard InChI is InChI=1S/C16H10BrNO3/c17-13-6-3-7-18-15(13)21-14-9-11-5-2-1-4-10(11)8-12(14)16(19)20/h1-9H,(H,19,20). The Hall–Kier alpha value is -2.40. The van der Waals surface area contributed by atoms with Crippen LogP contribution in [-0.2, 0) is 0 Å². The molecule has 1 aromatic heterocycles. The van der Waals surface area contributed by atoms with Gasteiger partial charge in [0.15, 0.2) is 0 Å². The zero-order valence-corrected chi connectivity index (χ0v) is 12.4. The maximum absolute atomic E-state index is 11.4. The monoisotopic (exact) mass is 343 g/mol. The lowest BCUT2D eigenvalue weighted by molar-refractivity contribution is 0.0694. The summed E-state index contributed by atoms with van der Waals surface area (Å²) in [6.45, 7) is 0. The Morgan fingerprint density at radius 1 is 1.10 bits per heavy atom. The van der Waals surface area contributed by atoms with Crippen molar-refractivity contribution in [3.8, 4) is 11.6 Å². The number of benzene rings is 2. The van der Waals surface area contributed by atoms with Crippen LogP contribution in [0.3, 0.4) is 0 Å². The van der Waals surface area contributed by atoms with Crippen LogP contribution in [0.1, 0.15) is 10.4 Å². The summed E-state index contributed by atoms with van der Waals surface area (Å²) >= 11 is 3.33. The number of carbonyl (C=O) groups is 1. The highest BCUT2D eigenvalue weighted by atomic mass is 79.9. The molecule has 21 heavy (non-hydrogen) atoms. The maximum atomic E-state index is 11.4. The van der Waals surface area contributed by atoms with Crippen LogP contribution in [0.4, 0.5) is 0 Å². The minimum absolute atomic E-state index is 0.103. The molecule has 0 aliphatic rings. The molecule has 0 saturated carbocycles. The van der Waals surface area contributed by atoms with Crippen LogP contribution in [0, 0.1) is 0 Å². The Morgan fingerprint density at radius 3 is 2.48 bits per heavy atom. The summed E-state index contributed by atoms with van der Waals surface area (Å²) in [5.41, 5.74) is 0.103. The second kappa shape index (κ2) is 5.54. The molecule has 1 heterocycles. The maximum Gasteiger partial charge on any atom is 0.339 e. The fraction of sp³-hybridized carbons (Fsp3) is 0. The smallest absolute Gasteiger partial charge is 0.339 e. The highest BCUT2D eigenvalue weighted by Crippen LogP contribution is 2.32. The molecule has 0 radical (unpaired) electrons. The molecule has 0 aliphatic heterocycles. The number of halogens is 1. The van der Waals surface area contributed by atoms with Crippen molar-refractivity contribution in [1.29, 1.82) is 0 Å². The largest absolute Gasteiger partial charge is 0.478 e. The van der Waals surface area contributed by atoms with E-state index in [1.807, 2.05) is 24.3 Å². The van der Waals surface area contributed by atoms with Gasteiger partial charge in [0.2, 0.25) is 5.88 Å². The molecule has 5 heteroatoms. The van der Waals surface area contributed by atoms with Gasteiger partial charge in [-0.1, -0.05) is 24.3 Å². The number of carboxylic acids is 1. The average Bonchev–Trinajstić information content (AvgIpc) is 2.48. The van der Waals surface area contributed by atoms with Crippen molar-refractivity contribution in [1.82, 2.24) is 4.98 Å². The fourth-order valence-corrected chi connectivity index (χ4v) is 2.36. The predicted molar refractivity (Wildman–Crippen MR) is 82.9 cm³/mol. The minimum atomic E-state index is -1.04. The number of aromatic carboxylic acids is 1. The number of nitrogens with zero attached hydrogens (tertiary/aromatic N) is 1. The summed E-state index contributed by atoms with van der Waals surface area (Å²) in [4.78, 5) is 15.5. The molecule has 0 unspecified atom stereocenters. The molecule has 0 bridgehead atoms. The van der Waals surface area contributed by atoms with Crippen molar-refractivity contribution < 1.29 is 14.6 Å². The average molecular weight is 344 g/mol. The van der Waals surface area contributed by atoms with Gasteiger partial charge >= 0.3 is 5.97 Å². The first-order chi connectivity index (χ1) is 10.1. The second-order valence-corrected chi connectivity index (χ2v) is 5.25. The SMILES string of the molecule is O=C(O)c1cc2ccccc2cc1Oc1ncccc1Br. The third-order valence-electron chi connectivity index (χ3n) is 3.01. The van der Waals surface area contributed by atoms with E-state index < -0.39 is 5.97 Å². The summed E-state index contributed by atoms with van der Waals surface area (Å²) in [6.07, 6.45) is 1.58. The highest BCUT2D eigenvalue weighted by molar-refractivity contribution is 9.10. The van der Waals surface area contributed by atoms with Gasteiger partial charge in [0, 0.05) is 6.20 Å². The van der Waals surface area contributed by atoms with Crippen molar-refractivity contribution >= 4 is 32.7 Å². The van der Waals surface area contributed by atoms with Crippen molar-refractivity contribution in [3.05, 3.63) is 64.8 Å². The topological polar surface area (TPSA) is 59.4 Å². The normalized spacial score (nSPS) is 10.5. The molecule has 0 atom stereocenters. The predicted octanol–water partition coefficient (Wildman–Crippen LogP) is 4.49. The van der Waals surface area contributed by atoms with E-state index in [9.17, 15) is 9.90 Å². The summed E-state index contributed by atoms with van der Waals surface area (Å²) < 4.78 is 6.33. The molecule has 4 nitrogen and oxygen atoms in total. The molecule has 0 fully saturated rings. The first-order valence-electron chi connectivity index (χ1n) is 6.19. The van der Waals surface area contributed by atoms with Gasteiger partial charge in [-0.2, -0.15) is 0 Å². The Labute approximate surface area is 129 Å². The number of pyridine rings is 1. The Balaban J connectivity index is 2.14. The molecule has 2 aromatic carbocycles. The molecule has 0 spiro atoms. The van der Waals surface area contributed by atoms with Crippen LogP contribution in [0.15, 0.2) is 59.2 Å². The van der Waals surface area contributed by atoms with E-state index in [4.69, 9.17) is 4.74 Å². The number of rotatable bonds is 3. The molecule has 3 aromatic rings. The molecular formula is C16H10BrNO3. The number of fused-ring (bicyclic) bond motifs is 1. The molecular weight excluding hydrogens is 334 g/mol. The zero-order chi connectivity index (χ0) is 14.8. The van der Waals surface area contributed by atoms with Gasteiger partial charge in [0.05, 0.1) is 4.47 Å². The summed E-state index contributed by atoms with van der Waals surface area (Å²) in [5.74, 6) is -0.446. The van der Waals surface area contributed by atoms with Crippen LogP contribution < -0.4 is 4.74 Å². The highest BCUT2D eigenvalue weighted by Gasteiger charge is 2.15. The molecule has 1 N–H and O–H groups in total. The Kier molecular flexibility index (Phi) is 3.58. The van der Waals surface area contributed by atoms with E-state index >= 15 is 0 Å². The lowest BCUT2D eigenvalue weighted by Crippen LogP contribution is -2.01. The van der Waals surface area contributed by atoms with Gasteiger partial charge < -0.3 is 9.84 Å². The Morgan fingerprint density at radius 2 is 1.81 bits per heavy atom. The molecule has 3 rings (SSSR count). The van der Waals surface area contributed by atoms with E-state index in [1.54, 1.807) is 30.5 Å². The third kappa shape index (κ3) is 2.73. The van der Waals surface area contributed by atoms with Crippen molar-refractivity contribution in [3.63, 3.8) is 0 Å². The Bertz CT molecular complexity index is 833. The molecule has 104 valence electrons. The van der Waals surface area contributed by atoms with Gasteiger partial charge in [-0.3, -0.25) is 0 Å². The lowest BCUT2D eigenvalue weighted by atomic mass is 10.1. The van der Waals surface area contributed by atoms with E-state index in [2.05, 4.69) is 20.9 Å². The first kappa shape index (κ1) is 13.6. The van der Waals surface area contributed by atoms with Crippen LogP contribution in [-0.4, -0.2) is 16.1 Å². The van der Waals surface area contributed by atoms with Crippen molar-refractivity contribution in [2.24, 2.45) is 0 Å². The van der Waals surface area contributed by atoms with E-state index in [0.29, 0.717) is 10.4 Å². The number of ether oxygens (including phenoxy) is 1. The van der Waals surface area contributed by atoms with Crippen molar-refractivity contribution in [2.75, 3.05) is 0 Å². The van der Waals surface area contributed by atoms with Crippen LogP contribution >= 0.6 is 15.9 Å². The summed E-state index contributed by atoms with van der Waals surface area (Å²) in [7, 11) is 0. The van der Waals surface area contributed by atoms with Gasteiger partial charge in [-0.25, -0.2) is 9.78 Å². The fourth-order valence-electron chi connectivity index (χ4n) is 2.02. The number of hydrogen-bond donors (Lipinski definition) is 1.